The quantitative estimate of drug-likeness (QED) is 0.484. The molecule has 0 aliphatic carbocycles. The van der Waals surface area contributed by atoms with E-state index >= 15 is 0 Å². The number of hydrogen-bond donors (Lipinski definition) is 0. The Bertz CT molecular complexity index is 601. The predicted molar refractivity (Wildman–Crippen MR) is 70.5 cm³/mol. The van der Waals surface area contributed by atoms with Crippen LogP contribution in [0.15, 0.2) is 29.8 Å². The lowest BCUT2D eigenvalue weighted by Gasteiger charge is -2.07. The Morgan fingerprint density at radius 2 is 2.15 bits per heavy atom. The van der Waals surface area contributed by atoms with Crippen LogP contribution in [0.5, 0.6) is 0 Å². The van der Waals surface area contributed by atoms with Gasteiger partial charge in [-0.1, -0.05) is 23.7 Å². The Hall–Kier alpha value is -2.32. The molecule has 102 valence electrons. The SMILES string of the molecule is N#C/C(=C\c1ccc(Cl)cc1)C(=O)O[C@H]1CCOC1=O. The van der Waals surface area contributed by atoms with Crippen LogP contribution < -0.4 is 0 Å². The van der Waals surface area contributed by atoms with Gasteiger partial charge in [-0.15, -0.1) is 0 Å². The highest BCUT2D eigenvalue weighted by atomic mass is 35.5. The molecule has 1 aliphatic heterocycles. The summed E-state index contributed by atoms with van der Waals surface area (Å²) in [4.78, 5) is 23.0. The molecule has 1 atom stereocenters. The number of halogens is 1. The zero-order valence-electron chi connectivity index (χ0n) is 10.3. The molecule has 6 heteroatoms. The van der Waals surface area contributed by atoms with Gasteiger partial charge in [0.1, 0.15) is 11.6 Å². The molecule has 0 unspecified atom stereocenters. The highest BCUT2D eigenvalue weighted by Gasteiger charge is 2.31. The van der Waals surface area contributed by atoms with Gasteiger partial charge < -0.3 is 9.47 Å². The number of ether oxygens (including phenoxy) is 2. The molecule has 0 bridgehead atoms. The molecule has 0 radical (unpaired) electrons. The first-order valence-corrected chi connectivity index (χ1v) is 6.23. The molecule has 5 nitrogen and oxygen atoms in total. The van der Waals surface area contributed by atoms with Crippen molar-refractivity contribution >= 4 is 29.6 Å². The summed E-state index contributed by atoms with van der Waals surface area (Å²) < 4.78 is 9.62. The summed E-state index contributed by atoms with van der Waals surface area (Å²) >= 11 is 5.75. The first-order chi connectivity index (χ1) is 9.60. The van der Waals surface area contributed by atoms with Gasteiger partial charge in [-0.2, -0.15) is 5.26 Å². The number of cyclic esters (lactones) is 1. The molecule has 0 N–H and O–H groups in total. The minimum Gasteiger partial charge on any atom is -0.463 e. The second-order valence-corrected chi connectivity index (χ2v) is 4.51. The summed E-state index contributed by atoms with van der Waals surface area (Å²) in [6, 6.07) is 8.36. The number of esters is 2. The molecule has 0 spiro atoms. The van der Waals surface area contributed by atoms with Crippen molar-refractivity contribution in [1.29, 1.82) is 5.26 Å². The predicted octanol–water partition coefficient (Wildman–Crippen LogP) is 2.11. The van der Waals surface area contributed by atoms with E-state index < -0.39 is 18.0 Å². The molecule has 0 saturated carbocycles. The fourth-order valence-electron chi connectivity index (χ4n) is 1.64. The van der Waals surface area contributed by atoms with Crippen molar-refractivity contribution in [2.24, 2.45) is 0 Å². The largest absolute Gasteiger partial charge is 0.463 e. The highest BCUT2D eigenvalue weighted by Crippen LogP contribution is 2.15. The Balaban J connectivity index is 2.11. The van der Waals surface area contributed by atoms with Crippen LogP contribution in [-0.2, 0) is 19.1 Å². The van der Waals surface area contributed by atoms with Crippen molar-refractivity contribution in [3.8, 4) is 6.07 Å². The number of nitriles is 1. The fraction of sp³-hybridized carbons (Fsp3) is 0.214. The Kier molecular flexibility index (Phi) is 4.38. The maximum atomic E-state index is 11.8. The standard InChI is InChI=1S/C14H10ClNO4/c15-11-3-1-9(2-4-11)7-10(8-16)13(17)20-12-5-6-19-14(12)18/h1-4,7,12H,5-6H2/b10-7+/t12-/m0/s1. The summed E-state index contributed by atoms with van der Waals surface area (Å²) in [6.07, 6.45) is 0.757. The van der Waals surface area contributed by atoms with Crippen molar-refractivity contribution in [3.63, 3.8) is 0 Å². The number of carbonyl (C=O) groups is 2. The van der Waals surface area contributed by atoms with E-state index in [4.69, 9.17) is 21.6 Å². The summed E-state index contributed by atoms with van der Waals surface area (Å²) in [5.74, 6) is -1.42. The van der Waals surface area contributed by atoms with Gasteiger partial charge in [0.15, 0.2) is 0 Å². The lowest BCUT2D eigenvalue weighted by atomic mass is 10.1. The first kappa shape index (κ1) is 14.1. The average Bonchev–Trinajstić information content (AvgIpc) is 2.83. The van der Waals surface area contributed by atoms with Gasteiger partial charge in [-0.05, 0) is 23.8 Å². The molecule has 1 aromatic rings. The van der Waals surface area contributed by atoms with Gasteiger partial charge in [0, 0.05) is 11.4 Å². The van der Waals surface area contributed by atoms with Crippen LogP contribution in [0, 0.1) is 11.3 Å². The van der Waals surface area contributed by atoms with E-state index in [9.17, 15) is 9.59 Å². The molecular formula is C14H10ClNO4. The molecule has 1 aromatic carbocycles. The normalized spacial score (nSPS) is 18.3. The van der Waals surface area contributed by atoms with Crippen molar-refractivity contribution < 1.29 is 19.1 Å². The third-order valence-corrected chi connectivity index (χ3v) is 2.91. The second-order valence-electron chi connectivity index (χ2n) is 4.07. The minimum absolute atomic E-state index is 0.188. The van der Waals surface area contributed by atoms with Crippen LogP contribution in [0.2, 0.25) is 5.02 Å². The third kappa shape index (κ3) is 3.37. The third-order valence-electron chi connectivity index (χ3n) is 2.66. The maximum Gasteiger partial charge on any atom is 0.349 e. The number of nitrogens with zero attached hydrogens (tertiary/aromatic N) is 1. The lowest BCUT2D eigenvalue weighted by molar-refractivity contribution is -0.157. The Morgan fingerprint density at radius 3 is 2.70 bits per heavy atom. The van der Waals surface area contributed by atoms with Crippen molar-refractivity contribution in [2.45, 2.75) is 12.5 Å². The number of carbonyl (C=O) groups excluding carboxylic acids is 2. The highest BCUT2D eigenvalue weighted by molar-refractivity contribution is 6.30. The van der Waals surface area contributed by atoms with Gasteiger partial charge in [-0.3, -0.25) is 0 Å². The van der Waals surface area contributed by atoms with E-state index in [-0.39, 0.29) is 12.2 Å². The lowest BCUT2D eigenvalue weighted by Crippen LogP contribution is -2.23. The minimum atomic E-state index is -0.926. The van der Waals surface area contributed by atoms with Crippen LogP contribution in [0.25, 0.3) is 6.08 Å². The molecule has 20 heavy (non-hydrogen) atoms. The van der Waals surface area contributed by atoms with Crippen molar-refractivity contribution in [2.75, 3.05) is 6.61 Å². The second kappa shape index (κ2) is 6.22. The van der Waals surface area contributed by atoms with Crippen LogP contribution in [-0.4, -0.2) is 24.6 Å². The maximum absolute atomic E-state index is 11.8. The Labute approximate surface area is 120 Å². The topological polar surface area (TPSA) is 76.4 Å². The molecule has 0 amide bonds. The molecule has 1 aliphatic rings. The summed E-state index contributed by atoms with van der Waals surface area (Å²) in [5.41, 5.74) is 0.448. The zero-order valence-corrected chi connectivity index (χ0v) is 11.1. The van der Waals surface area contributed by atoms with Crippen molar-refractivity contribution in [3.05, 3.63) is 40.4 Å². The molecule has 1 saturated heterocycles. The molecule has 0 aromatic heterocycles. The van der Waals surface area contributed by atoms with Crippen molar-refractivity contribution in [1.82, 2.24) is 0 Å². The van der Waals surface area contributed by atoms with Gasteiger partial charge >= 0.3 is 11.9 Å². The average molecular weight is 292 g/mol. The Morgan fingerprint density at radius 1 is 1.45 bits per heavy atom. The van der Waals surface area contributed by atoms with E-state index in [1.54, 1.807) is 30.3 Å². The zero-order chi connectivity index (χ0) is 14.5. The molecule has 2 rings (SSSR count). The smallest absolute Gasteiger partial charge is 0.349 e. The van der Waals surface area contributed by atoms with Crippen LogP contribution in [0.3, 0.4) is 0 Å². The van der Waals surface area contributed by atoms with E-state index in [2.05, 4.69) is 4.74 Å². The van der Waals surface area contributed by atoms with Gasteiger partial charge in [0.2, 0.25) is 6.10 Å². The van der Waals surface area contributed by atoms with E-state index in [0.717, 1.165) is 0 Å². The van der Waals surface area contributed by atoms with Gasteiger partial charge in [0.25, 0.3) is 0 Å². The molecular weight excluding hydrogens is 282 g/mol. The first-order valence-electron chi connectivity index (χ1n) is 5.85. The number of rotatable bonds is 3. The molecule has 1 heterocycles. The van der Waals surface area contributed by atoms with Crippen LogP contribution in [0.1, 0.15) is 12.0 Å². The van der Waals surface area contributed by atoms with Gasteiger partial charge in [0.05, 0.1) is 6.61 Å². The molecule has 1 fully saturated rings. The summed E-state index contributed by atoms with van der Waals surface area (Å²) in [5, 5.41) is 9.54. The number of benzene rings is 1. The number of hydrogen-bond acceptors (Lipinski definition) is 5. The summed E-state index contributed by atoms with van der Waals surface area (Å²) in [7, 11) is 0. The van der Waals surface area contributed by atoms with Gasteiger partial charge in [-0.25, -0.2) is 9.59 Å². The van der Waals surface area contributed by atoms with Crippen LogP contribution in [0.4, 0.5) is 0 Å². The van der Waals surface area contributed by atoms with E-state index in [1.807, 2.05) is 0 Å². The monoisotopic (exact) mass is 291 g/mol. The van der Waals surface area contributed by atoms with Crippen LogP contribution >= 0.6 is 11.6 Å². The van der Waals surface area contributed by atoms with E-state index in [0.29, 0.717) is 17.0 Å². The fourth-order valence-corrected chi connectivity index (χ4v) is 1.77. The van der Waals surface area contributed by atoms with E-state index in [1.165, 1.54) is 6.08 Å². The summed E-state index contributed by atoms with van der Waals surface area (Å²) in [6.45, 7) is 0.222.